The molecule has 0 aliphatic heterocycles. The van der Waals surface area contributed by atoms with Crippen molar-refractivity contribution in [3.05, 3.63) is 51.9 Å². The Morgan fingerprint density at radius 1 is 1.31 bits per heavy atom. The number of ether oxygens (including phenoxy) is 1. The lowest BCUT2D eigenvalue weighted by Crippen LogP contribution is -2.44. The Labute approximate surface area is 162 Å². The molecule has 7 heteroatoms. The normalized spacial score (nSPS) is 14.0. The van der Waals surface area contributed by atoms with Crippen molar-refractivity contribution in [1.82, 2.24) is 10.6 Å². The molecule has 0 aliphatic carbocycles. The molecule has 0 spiro atoms. The molecule has 0 aliphatic rings. The van der Waals surface area contributed by atoms with Gasteiger partial charge in [-0.25, -0.2) is 4.99 Å². The Kier molecular flexibility index (Phi) is 7.11. The zero-order chi connectivity index (χ0) is 19.2. The summed E-state index contributed by atoms with van der Waals surface area (Å²) in [4.78, 5) is 4.57. The molecule has 2 rings (SSSR count). The maximum atomic E-state index is 10.6. The van der Waals surface area contributed by atoms with Gasteiger partial charge in [0.1, 0.15) is 22.9 Å². The van der Waals surface area contributed by atoms with Gasteiger partial charge in [-0.15, -0.1) is 0 Å². The van der Waals surface area contributed by atoms with Crippen molar-refractivity contribution in [2.75, 3.05) is 20.2 Å². The van der Waals surface area contributed by atoms with Crippen LogP contribution in [-0.4, -0.2) is 31.3 Å². The van der Waals surface area contributed by atoms with Crippen LogP contribution in [0.3, 0.4) is 0 Å². The first kappa shape index (κ1) is 20.3. The van der Waals surface area contributed by atoms with E-state index in [1.54, 1.807) is 20.1 Å². The fraction of sp³-hybridized carbons (Fsp3) is 0.421. The molecule has 142 valence electrons. The molecule has 2 aromatic rings. The molecule has 0 saturated carbocycles. The summed E-state index contributed by atoms with van der Waals surface area (Å²) in [6.45, 7) is 7.06. The van der Waals surface area contributed by atoms with Gasteiger partial charge in [-0.05, 0) is 66.5 Å². The van der Waals surface area contributed by atoms with E-state index in [-0.39, 0.29) is 6.54 Å². The second kappa shape index (κ2) is 9.09. The largest absolute Gasteiger partial charge is 0.496 e. The van der Waals surface area contributed by atoms with Crippen LogP contribution in [-0.2, 0) is 12.1 Å². The van der Waals surface area contributed by atoms with Crippen LogP contribution in [0, 0.1) is 6.92 Å². The van der Waals surface area contributed by atoms with E-state index < -0.39 is 5.60 Å². The van der Waals surface area contributed by atoms with Crippen molar-refractivity contribution < 1.29 is 14.3 Å². The van der Waals surface area contributed by atoms with E-state index in [0.717, 1.165) is 28.1 Å². The second-order valence-electron chi connectivity index (χ2n) is 6.20. The number of furan rings is 1. The number of nitrogens with zero attached hydrogens (tertiary/aromatic N) is 1. The third kappa shape index (κ3) is 5.51. The number of guanidine groups is 1. The first-order valence-corrected chi connectivity index (χ1v) is 9.29. The van der Waals surface area contributed by atoms with Crippen molar-refractivity contribution in [2.45, 2.75) is 32.9 Å². The molecular formula is C19H26BrN3O3. The maximum absolute atomic E-state index is 10.6. The first-order chi connectivity index (χ1) is 12.4. The lowest BCUT2D eigenvalue weighted by atomic mass is 10.0. The topological polar surface area (TPSA) is 79.0 Å². The monoisotopic (exact) mass is 423 g/mol. The summed E-state index contributed by atoms with van der Waals surface area (Å²) in [6, 6.07) is 9.48. The molecule has 0 saturated heterocycles. The highest BCUT2D eigenvalue weighted by molar-refractivity contribution is 9.10. The van der Waals surface area contributed by atoms with Crippen molar-refractivity contribution in [2.24, 2.45) is 4.99 Å². The van der Waals surface area contributed by atoms with Gasteiger partial charge in [-0.1, -0.05) is 6.07 Å². The number of rotatable bonds is 7. The predicted octanol–water partition coefficient (Wildman–Crippen LogP) is 3.32. The van der Waals surface area contributed by atoms with Gasteiger partial charge in [-0.3, -0.25) is 0 Å². The van der Waals surface area contributed by atoms with E-state index in [2.05, 4.69) is 31.6 Å². The van der Waals surface area contributed by atoms with Gasteiger partial charge in [-0.2, -0.15) is 0 Å². The van der Waals surface area contributed by atoms with Gasteiger partial charge in [0.2, 0.25) is 0 Å². The first-order valence-electron chi connectivity index (χ1n) is 8.49. The molecule has 1 aromatic carbocycles. The van der Waals surface area contributed by atoms with Gasteiger partial charge in [0.25, 0.3) is 0 Å². The van der Waals surface area contributed by atoms with Crippen LogP contribution >= 0.6 is 15.9 Å². The summed E-state index contributed by atoms with van der Waals surface area (Å²) >= 11 is 3.48. The summed E-state index contributed by atoms with van der Waals surface area (Å²) in [5, 5.41) is 17.0. The smallest absolute Gasteiger partial charge is 0.191 e. The molecule has 1 heterocycles. The van der Waals surface area contributed by atoms with Gasteiger partial charge >= 0.3 is 0 Å². The highest BCUT2D eigenvalue weighted by atomic mass is 79.9. The number of aliphatic imine (C=N–C) groups is 1. The van der Waals surface area contributed by atoms with E-state index >= 15 is 0 Å². The van der Waals surface area contributed by atoms with Gasteiger partial charge < -0.3 is 24.9 Å². The fourth-order valence-corrected chi connectivity index (χ4v) is 2.98. The van der Waals surface area contributed by atoms with Crippen molar-refractivity contribution >= 4 is 21.9 Å². The molecule has 0 fully saturated rings. The molecule has 3 N–H and O–H groups in total. The van der Waals surface area contributed by atoms with Crippen LogP contribution in [0.2, 0.25) is 0 Å². The second-order valence-corrected chi connectivity index (χ2v) is 7.06. The summed E-state index contributed by atoms with van der Waals surface area (Å²) in [5.41, 5.74) is -0.0866. The standard InChI is InChI=1S/C19H26BrN3O3/c1-5-21-18(22-11-14-7-8-16(25-4)15(20)10-14)23-12-19(3,24)17-9-6-13(2)26-17/h6-10,24H,5,11-12H2,1-4H3,(H2,21,22,23). The minimum Gasteiger partial charge on any atom is -0.496 e. The fourth-order valence-electron chi connectivity index (χ4n) is 2.39. The third-order valence-electron chi connectivity index (χ3n) is 3.85. The van der Waals surface area contributed by atoms with E-state index in [9.17, 15) is 5.11 Å². The summed E-state index contributed by atoms with van der Waals surface area (Å²) in [6.07, 6.45) is 0. The molecule has 1 aromatic heterocycles. The van der Waals surface area contributed by atoms with Gasteiger partial charge in [0, 0.05) is 6.54 Å². The predicted molar refractivity (Wildman–Crippen MR) is 107 cm³/mol. The Morgan fingerprint density at radius 2 is 2.08 bits per heavy atom. The van der Waals surface area contributed by atoms with E-state index in [1.165, 1.54) is 0 Å². The molecule has 1 unspecified atom stereocenters. The number of methoxy groups -OCH3 is 1. The Balaban J connectivity index is 2.03. The van der Waals surface area contributed by atoms with Crippen molar-refractivity contribution in [3.8, 4) is 5.75 Å². The summed E-state index contributed by atoms with van der Waals surface area (Å²) in [5.74, 6) is 2.71. The average molecular weight is 424 g/mol. The zero-order valence-electron chi connectivity index (χ0n) is 15.6. The minimum absolute atomic E-state index is 0.276. The highest BCUT2D eigenvalue weighted by Crippen LogP contribution is 2.26. The number of benzene rings is 1. The molecule has 0 radical (unpaired) electrons. The number of hydrogen-bond donors (Lipinski definition) is 3. The third-order valence-corrected chi connectivity index (χ3v) is 4.47. The van der Waals surface area contributed by atoms with Gasteiger partial charge in [0.05, 0.1) is 24.7 Å². The number of hydrogen-bond acceptors (Lipinski definition) is 4. The van der Waals surface area contributed by atoms with E-state index in [0.29, 0.717) is 18.3 Å². The molecular weight excluding hydrogens is 398 g/mol. The molecule has 26 heavy (non-hydrogen) atoms. The lowest BCUT2D eigenvalue weighted by molar-refractivity contribution is 0.0378. The number of halogens is 1. The number of nitrogens with one attached hydrogen (secondary N) is 2. The highest BCUT2D eigenvalue weighted by Gasteiger charge is 2.27. The quantitative estimate of drug-likeness (QED) is 0.470. The minimum atomic E-state index is -1.13. The van der Waals surface area contributed by atoms with Crippen LogP contribution in [0.15, 0.2) is 44.2 Å². The van der Waals surface area contributed by atoms with Gasteiger partial charge in [0.15, 0.2) is 5.96 Å². The van der Waals surface area contributed by atoms with Crippen molar-refractivity contribution in [1.29, 1.82) is 0 Å². The van der Waals surface area contributed by atoms with Crippen molar-refractivity contribution in [3.63, 3.8) is 0 Å². The molecule has 0 amide bonds. The van der Waals surface area contributed by atoms with Crippen LogP contribution in [0.25, 0.3) is 0 Å². The van der Waals surface area contributed by atoms with Crippen LogP contribution in [0.5, 0.6) is 5.75 Å². The number of aryl methyl sites for hydroxylation is 1. The lowest BCUT2D eigenvalue weighted by Gasteiger charge is -2.22. The summed E-state index contributed by atoms with van der Waals surface area (Å²) < 4.78 is 11.7. The zero-order valence-corrected chi connectivity index (χ0v) is 17.2. The SMILES string of the molecule is CCNC(=NCc1ccc(OC)c(Br)c1)NCC(C)(O)c1ccc(C)o1. The maximum Gasteiger partial charge on any atom is 0.191 e. The Hall–Kier alpha value is -1.99. The van der Waals surface area contributed by atoms with Crippen LogP contribution < -0.4 is 15.4 Å². The molecule has 0 bridgehead atoms. The Morgan fingerprint density at radius 3 is 2.65 bits per heavy atom. The molecule has 1 atom stereocenters. The summed E-state index contributed by atoms with van der Waals surface area (Å²) in [7, 11) is 1.64. The van der Waals surface area contributed by atoms with Crippen LogP contribution in [0.4, 0.5) is 0 Å². The Bertz CT molecular complexity index is 756. The number of aliphatic hydroxyl groups is 1. The molecule has 6 nitrogen and oxygen atoms in total. The average Bonchev–Trinajstić information content (AvgIpc) is 3.05. The van der Waals surface area contributed by atoms with Crippen LogP contribution in [0.1, 0.15) is 30.9 Å². The van der Waals surface area contributed by atoms with E-state index in [4.69, 9.17) is 9.15 Å². The van der Waals surface area contributed by atoms with E-state index in [1.807, 2.05) is 38.1 Å².